The van der Waals surface area contributed by atoms with E-state index >= 15 is 0 Å². The van der Waals surface area contributed by atoms with Crippen LogP contribution in [0.3, 0.4) is 0 Å². The van der Waals surface area contributed by atoms with E-state index in [-0.39, 0.29) is 11.7 Å². The van der Waals surface area contributed by atoms with Gasteiger partial charge in [-0.1, -0.05) is 40.2 Å². The number of carbonyl (C=O) groups excluding carboxylic acids is 1. The highest BCUT2D eigenvalue weighted by molar-refractivity contribution is 9.10. The average Bonchev–Trinajstić information content (AvgIpc) is 2.92. The van der Waals surface area contributed by atoms with Crippen molar-refractivity contribution in [2.45, 2.75) is 19.8 Å². The number of Topliss-reactive ketones (excluding diaryl/α,β-unsaturated/α-hetero) is 1. The summed E-state index contributed by atoms with van der Waals surface area (Å²) >= 11 is 3.44. The van der Waals surface area contributed by atoms with Gasteiger partial charge in [0.2, 0.25) is 0 Å². The van der Waals surface area contributed by atoms with E-state index in [4.69, 9.17) is 4.74 Å². The van der Waals surface area contributed by atoms with Gasteiger partial charge in [-0.25, -0.2) is 0 Å². The third-order valence-electron chi connectivity index (χ3n) is 3.93. The molecule has 0 N–H and O–H groups in total. The summed E-state index contributed by atoms with van der Waals surface area (Å²) in [4.78, 5) is 12.9. The van der Waals surface area contributed by atoms with Crippen LogP contribution in [0.25, 0.3) is 0 Å². The molecule has 0 fully saturated rings. The Balaban J connectivity index is 1.88. The van der Waals surface area contributed by atoms with Crippen molar-refractivity contribution in [3.8, 4) is 5.75 Å². The molecule has 0 unspecified atom stereocenters. The number of fused-ring (bicyclic) bond motifs is 1. The van der Waals surface area contributed by atoms with Gasteiger partial charge in [-0.05, 0) is 49.1 Å². The second kappa shape index (κ2) is 6.02. The van der Waals surface area contributed by atoms with Gasteiger partial charge in [-0.2, -0.15) is 0 Å². The smallest absolute Gasteiger partial charge is 0.170 e. The van der Waals surface area contributed by atoms with Gasteiger partial charge < -0.3 is 4.74 Å². The highest BCUT2D eigenvalue weighted by atomic mass is 79.9. The summed E-state index contributed by atoms with van der Waals surface area (Å²) in [5, 5.41) is 0. The first kappa shape index (κ1) is 14.3. The lowest BCUT2D eigenvalue weighted by atomic mass is 9.94. The number of ether oxygens (including phenoxy) is 1. The van der Waals surface area contributed by atoms with Gasteiger partial charge in [0.25, 0.3) is 0 Å². The Morgan fingerprint density at radius 2 is 1.86 bits per heavy atom. The molecular formula is C18H17BrO2. The molecule has 2 nitrogen and oxygen atoms in total. The average molecular weight is 345 g/mol. The topological polar surface area (TPSA) is 26.3 Å². The van der Waals surface area contributed by atoms with Crippen LogP contribution in [-0.4, -0.2) is 12.4 Å². The van der Waals surface area contributed by atoms with Crippen LogP contribution in [0.1, 0.15) is 28.4 Å². The first-order chi connectivity index (χ1) is 10.2. The van der Waals surface area contributed by atoms with Crippen LogP contribution in [0.4, 0.5) is 0 Å². The summed E-state index contributed by atoms with van der Waals surface area (Å²) in [6.45, 7) is 2.49. The summed E-state index contributed by atoms with van der Waals surface area (Å²) in [7, 11) is 0. The third kappa shape index (κ3) is 2.88. The van der Waals surface area contributed by atoms with Gasteiger partial charge in [0.15, 0.2) is 5.78 Å². The zero-order valence-electron chi connectivity index (χ0n) is 11.9. The van der Waals surface area contributed by atoms with Crippen molar-refractivity contribution in [1.29, 1.82) is 0 Å². The molecule has 0 aromatic heterocycles. The third-order valence-corrected chi connectivity index (χ3v) is 4.42. The molecule has 0 spiro atoms. The minimum atomic E-state index is 0.0240. The van der Waals surface area contributed by atoms with Crippen LogP contribution in [0, 0.1) is 5.92 Å². The standard InChI is InChI=1S/C18H17BrO2/c1-2-21-17-8-7-15(19)11-16(17)18(20)14-9-12-5-3-4-6-13(12)10-14/h3-8,11,14H,2,9-10H2,1H3. The monoisotopic (exact) mass is 344 g/mol. The van der Waals surface area contributed by atoms with E-state index < -0.39 is 0 Å². The molecule has 21 heavy (non-hydrogen) atoms. The van der Waals surface area contributed by atoms with E-state index in [2.05, 4.69) is 28.1 Å². The van der Waals surface area contributed by atoms with E-state index in [0.29, 0.717) is 17.9 Å². The molecule has 0 radical (unpaired) electrons. The lowest BCUT2D eigenvalue weighted by Gasteiger charge is -2.13. The van der Waals surface area contributed by atoms with Crippen molar-refractivity contribution in [3.05, 3.63) is 63.6 Å². The van der Waals surface area contributed by atoms with Crippen LogP contribution in [0.15, 0.2) is 46.9 Å². The van der Waals surface area contributed by atoms with Gasteiger partial charge in [0.05, 0.1) is 12.2 Å². The zero-order valence-corrected chi connectivity index (χ0v) is 13.5. The fourth-order valence-electron chi connectivity index (χ4n) is 2.94. The van der Waals surface area contributed by atoms with E-state index in [9.17, 15) is 4.79 Å². The van der Waals surface area contributed by atoms with Crippen molar-refractivity contribution < 1.29 is 9.53 Å². The van der Waals surface area contributed by atoms with Crippen molar-refractivity contribution in [2.24, 2.45) is 5.92 Å². The predicted octanol–water partition coefficient (Wildman–Crippen LogP) is 4.45. The maximum absolute atomic E-state index is 12.9. The fourth-order valence-corrected chi connectivity index (χ4v) is 3.30. The minimum Gasteiger partial charge on any atom is -0.493 e. The first-order valence-corrected chi connectivity index (χ1v) is 8.01. The highest BCUT2D eigenvalue weighted by Crippen LogP contribution is 2.32. The number of halogens is 1. The Hall–Kier alpha value is -1.61. The van der Waals surface area contributed by atoms with Crippen molar-refractivity contribution in [1.82, 2.24) is 0 Å². The molecule has 2 aromatic rings. The number of hydrogen-bond acceptors (Lipinski definition) is 2. The second-order valence-corrected chi connectivity index (χ2v) is 6.23. The summed E-state index contributed by atoms with van der Waals surface area (Å²) in [5.41, 5.74) is 3.27. The van der Waals surface area contributed by atoms with E-state index in [1.165, 1.54) is 11.1 Å². The number of hydrogen-bond donors (Lipinski definition) is 0. The predicted molar refractivity (Wildman–Crippen MR) is 87.0 cm³/mol. The van der Waals surface area contributed by atoms with Crippen LogP contribution in [0.2, 0.25) is 0 Å². The number of carbonyl (C=O) groups is 1. The van der Waals surface area contributed by atoms with Gasteiger partial charge in [-0.3, -0.25) is 4.79 Å². The van der Waals surface area contributed by atoms with Crippen molar-refractivity contribution >= 4 is 21.7 Å². The molecule has 1 aliphatic carbocycles. The van der Waals surface area contributed by atoms with Crippen LogP contribution in [0.5, 0.6) is 5.75 Å². The Morgan fingerprint density at radius 1 is 1.19 bits per heavy atom. The molecule has 0 aliphatic heterocycles. The van der Waals surface area contributed by atoms with Gasteiger partial charge in [0, 0.05) is 10.4 Å². The van der Waals surface area contributed by atoms with Gasteiger partial charge in [-0.15, -0.1) is 0 Å². The number of benzene rings is 2. The Morgan fingerprint density at radius 3 is 2.48 bits per heavy atom. The van der Waals surface area contributed by atoms with Gasteiger partial charge >= 0.3 is 0 Å². The summed E-state index contributed by atoms with van der Waals surface area (Å²) in [6.07, 6.45) is 1.65. The van der Waals surface area contributed by atoms with Crippen LogP contribution in [-0.2, 0) is 12.8 Å². The molecule has 0 amide bonds. The highest BCUT2D eigenvalue weighted by Gasteiger charge is 2.29. The molecule has 0 saturated heterocycles. The van der Waals surface area contributed by atoms with Crippen LogP contribution >= 0.6 is 15.9 Å². The largest absolute Gasteiger partial charge is 0.493 e. The number of ketones is 1. The Labute approximate surface area is 133 Å². The second-order valence-electron chi connectivity index (χ2n) is 5.31. The zero-order chi connectivity index (χ0) is 14.8. The molecule has 0 heterocycles. The van der Waals surface area contributed by atoms with Crippen molar-refractivity contribution in [2.75, 3.05) is 6.61 Å². The molecule has 0 saturated carbocycles. The van der Waals surface area contributed by atoms with E-state index in [1.54, 1.807) is 0 Å². The Kier molecular flexibility index (Phi) is 4.11. The minimum absolute atomic E-state index is 0.0240. The van der Waals surface area contributed by atoms with Crippen molar-refractivity contribution in [3.63, 3.8) is 0 Å². The summed E-state index contributed by atoms with van der Waals surface area (Å²) < 4.78 is 6.52. The molecular weight excluding hydrogens is 328 g/mol. The quantitative estimate of drug-likeness (QED) is 0.766. The first-order valence-electron chi connectivity index (χ1n) is 7.22. The molecule has 0 atom stereocenters. The number of rotatable bonds is 4. The normalized spacial score (nSPS) is 14.0. The lowest BCUT2D eigenvalue weighted by Crippen LogP contribution is -2.16. The van der Waals surface area contributed by atoms with Gasteiger partial charge in [0.1, 0.15) is 5.75 Å². The maximum atomic E-state index is 12.9. The molecule has 3 heteroatoms. The molecule has 2 aromatic carbocycles. The van der Waals surface area contributed by atoms with E-state index in [0.717, 1.165) is 17.3 Å². The molecule has 0 bridgehead atoms. The molecule has 108 valence electrons. The lowest BCUT2D eigenvalue weighted by molar-refractivity contribution is 0.0921. The summed E-state index contributed by atoms with van der Waals surface area (Å²) in [5.74, 6) is 0.883. The maximum Gasteiger partial charge on any atom is 0.170 e. The van der Waals surface area contributed by atoms with Crippen LogP contribution < -0.4 is 4.74 Å². The SMILES string of the molecule is CCOc1ccc(Br)cc1C(=O)C1Cc2ccccc2C1. The Bertz CT molecular complexity index is 654. The summed E-state index contributed by atoms with van der Waals surface area (Å²) in [6, 6.07) is 14.0. The molecule has 1 aliphatic rings. The molecule has 3 rings (SSSR count). The van der Waals surface area contributed by atoms with E-state index in [1.807, 2.05) is 37.3 Å². The fraction of sp³-hybridized carbons (Fsp3) is 0.278.